The summed E-state index contributed by atoms with van der Waals surface area (Å²) in [6, 6.07) is 2.06. The molecule has 0 saturated heterocycles. The first-order valence-electron chi connectivity index (χ1n) is 4.99. The molecule has 0 atom stereocenters. The summed E-state index contributed by atoms with van der Waals surface area (Å²) in [4.78, 5) is 25.6. The minimum Gasteiger partial charge on any atom is -0.338 e. The van der Waals surface area contributed by atoms with Crippen molar-refractivity contribution in [2.45, 2.75) is 26.3 Å². The lowest BCUT2D eigenvalue weighted by Crippen LogP contribution is -2.36. The van der Waals surface area contributed by atoms with Gasteiger partial charge in [-0.2, -0.15) is 0 Å². The molecule has 1 aromatic heterocycles. The molecule has 1 aliphatic heterocycles. The molecule has 1 aliphatic rings. The van der Waals surface area contributed by atoms with Crippen LogP contribution in [0.4, 0.5) is 0 Å². The Balaban J connectivity index is 2.03. The number of rotatable bonds is 2. The predicted octanol–water partition coefficient (Wildman–Crippen LogP) is 1.61. The molecule has 0 N–H and O–H groups in total. The Bertz CT molecular complexity index is 397. The SMILES string of the molecule is CC(=O)CC(=O)N1CCc2sccc2C1. The van der Waals surface area contributed by atoms with E-state index in [-0.39, 0.29) is 18.1 Å². The van der Waals surface area contributed by atoms with Gasteiger partial charge in [0.25, 0.3) is 0 Å². The molecule has 3 nitrogen and oxygen atoms in total. The molecule has 1 amide bonds. The largest absolute Gasteiger partial charge is 0.338 e. The molecule has 0 aromatic carbocycles. The molecule has 0 bridgehead atoms. The van der Waals surface area contributed by atoms with Crippen LogP contribution in [0.5, 0.6) is 0 Å². The number of fused-ring (bicyclic) bond motifs is 1. The lowest BCUT2D eigenvalue weighted by molar-refractivity contribution is -0.135. The third kappa shape index (κ3) is 2.26. The average molecular weight is 223 g/mol. The summed E-state index contributed by atoms with van der Waals surface area (Å²) in [7, 11) is 0. The van der Waals surface area contributed by atoms with Crippen molar-refractivity contribution in [2.24, 2.45) is 0 Å². The minimum absolute atomic E-state index is 0.0411. The monoisotopic (exact) mass is 223 g/mol. The maximum atomic E-state index is 11.6. The van der Waals surface area contributed by atoms with Crippen molar-refractivity contribution in [1.82, 2.24) is 4.90 Å². The van der Waals surface area contributed by atoms with Gasteiger partial charge in [-0.05, 0) is 30.4 Å². The molecule has 0 spiro atoms. The van der Waals surface area contributed by atoms with Crippen LogP contribution in [0.3, 0.4) is 0 Å². The van der Waals surface area contributed by atoms with Gasteiger partial charge in [-0.25, -0.2) is 0 Å². The van der Waals surface area contributed by atoms with E-state index in [1.165, 1.54) is 17.4 Å². The van der Waals surface area contributed by atoms with Gasteiger partial charge in [0.15, 0.2) is 0 Å². The van der Waals surface area contributed by atoms with Crippen molar-refractivity contribution in [2.75, 3.05) is 6.54 Å². The van der Waals surface area contributed by atoms with Gasteiger partial charge in [-0.15, -0.1) is 11.3 Å². The van der Waals surface area contributed by atoms with Crippen LogP contribution >= 0.6 is 11.3 Å². The van der Waals surface area contributed by atoms with Gasteiger partial charge < -0.3 is 4.90 Å². The first-order chi connectivity index (χ1) is 7.16. The summed E-state index contributed by atoms with van der Waals surface area (Å²) in [6.07, 6.45) is 0.968. The van der Waals surface area contributed by atoms with E-state index in [0.29, 0.717) is 6.54 Å². The van der Waals surface area contributed by atoms with E-state index in [1.54, 1.807) is 16.2 Å². The van der Waals surface area contributed by atoms with Gasteiger partial charge in [0.1, 0.15) is 5.78 Å². The number of thiophene rings is 1. The number of hydrogen-bond donors (Lipinski definition) is 0. The van der Waals surface area contributed by atoms with Crippen molar-refractivity contribution in [3.8, 4) is 0 Å². The number of Topliss-reactive ketones (excluding diaryl/α,β-unsaturated/α-hetero) is 1. The Morgan fingerprint density at radius 1 is 1.53 bits per heavy atom. The lowest BCUT2D eigenvalue weighted by atomic mass is 10.1. The summed E-state index contributed by atoms with van der Waals surface area (Å²) in [6.45, 7) is 2.88. The first kappa shape index (κ1) is 10.4. The molecule has 4 heteroatoms. The highest BCUT2D eigenvalue weighted by Crippen LogP contribution is 2.24. The fourth-order valence-electron chi connectivity index (χ4n) is 1.79. The predicted molar refractivity (Wildman–Crippen MR) is 58.7 cm³/mol. The van der Waals surface area contributed by atoms with Crippen LogP contribution in [0, 0.1) is 0 Å². The molecular formula is C11H13NO2S. The second kappa shape index (κ2) is 4.14. The summed E-state index contributed by atoms with van der Waals surface area (Å²) in [5, 5.41) is 2.06. The number of hydrogen-bond acceptors (Lipinski definition) is 3. The maximum absolute atomic E-state index is 11.6. The molecule has 80 valence electrons. The fraction of sp³-hybridized carbons (Fsp3) is 0.455. The number of nitrogens with zero attached hydrogens (tertiary/aromatic N) is 1. The van der Waals surface area contributed by atoms with E-state index < -0.39 is 0 Å². The van der Waals surface area contributed by atoms with E-state index in [9.17, 15) is 9.59 Å². The van der Waals surface area contributed by atoms with E-state index >= 15 is 0 Å². The van der Waals surface area contributed by atoms with Gasteiger partial charge >= 0.3 is 0 Å². The normalized spacial score (nSPS) is 14.9. The molecule has 0 saturated carbocycles. The molecule has 0 unspecified atom stereocenters. The summed E-state index contributed by atoms with van der Waals surface area (Å²) in [5.74, 6) is -0.101. The molecular weight excluding hydrogens is 210 g/mol. The third-order valence-electron chi connectivity index (χ3n) is 2.56. The molecule has 0 aliphatic carbocycles. The van der Waals surface area contributed by atoms with E-state index in [2.05, 4.69) is 11.4 Å². The topological polar surface area (TPSA) is 37.4 Å². The van der Waals surface area contributed by atoms with Crippen molar-refractivity contribution < 1.29 is 9.59 Å². The van der Waals surface area contributed by atoms with Gasteiger partial charge in [0, 0.05) is 18.0 Å². The van der Waals surface area contributed by atoms with Crippen molar-refractivity contribution >= 4 is 23.0 Å². The van der Waals surface area contributed by atoms with Crippen LogP contribution in [-0.2, 0) is 22.6 Å². The standard InChI is InChI=1S/C11H13NO2S/c1-8(13)6-11(14)12-4-2-10-9(7-12)3-5-15-10/h3,5H,2,4,6-7H2,1H3. The van der Waals surface area contributed by atoms with Crippen molar-refractivity contribution in [1.29, 1.82) is 0 Å². The Morgan fingerprint density at radius 3 is 3.07 bits per heavy atom. The number of ketones is 1. The van der Waals surface area contributed by atoms with Crippen LogP contribution in [-0.4, -0.2) is 23.1 Å². The number of amides is 1. The van der Waals surface area contributed by atoms with Crippen LogP contribution in [0.25, 0.3) is 0 Å². The highest BCUT2D eigenvalue weighted by molar-refractivity contribution is 7.10. The molecule has 2 heterocycles. The molecule has 2 rings (SSSR count). The first-order valence-corrected chi connectivity index (χ1v) is 5.87. The zero-order chi connectivity index (χ0) is 10.8. The lowest BCUT2D eigenvalue weighted by Gasteiger charge is -2.26. The van der Waals surface area contributed by atoms with Crippen molar-refractivity contribution in [3.63, 3.8) is 0 Å². The van der Waals surface area contributed by atoms with Gasteiger partial charge in [-0.1, -0.05) is 0 Å². The second-order valence-corrected chi connectivity index (χ2v) is 4.81. The van der Waals surface area contributed by atoms with Gasteiger partial charge in [0.2, 0.25) is 5.91 Å². The van der Waals surface area contributed by atoms with Crippen LogP contribution < -0.4 is 0 Å². The zero-order valence-corrected chi connectivity index (χ0v) is 9.47. The Labute approximate surface area is 92.7 Å². The fourth-order valence-corrected chi connectivity index (χ4v) is 2.68. The smallest absolute Gasteiger partial charge is 0.230 e. The van der Waals surface area contributed by atoms with Gasteiger partial charge in [0.05, 0.1) is 6.42 Å². The number of carbonyl (C=O) groups excluding carboxylic acids is 2. The highest BCUT2D eigenvalue weighted by atomic mass is 32.1. The molecule has 1 aromatic rings. The van der Waals surface area contributed by atoms with Crippen LogP contribution in [0.2, 0.25) is 0 Å². The molecule has 15 heavy (non-hydrogen) atoms. The van der Waals surface area contributed by atoms with Gasteiger partial charge in [-0.3, -0.25) is 9.59 Å². The Kier molecular flexibility index (Phi) is 2.86. The Morgan fingerprint density at radius 2 is 2.33 bits per heavy atom. The van der Waals surface area contributed by atoms with Crippen LogP contribution in [0.1, 0.15) is 23.8 Å². The average Bonchev–Trinajstić information content (AvgIpc) is 2.62. The van der Waals surface area contributed by atoms with E-state index in [1.807, 2.05) is 0 Å². The van der Waals surface area contributed by atoms with Crippen molar-refractivity contribution in [3.05, 3.63) is 21.9 Å². The minimum atomic E-state index is -0.0592. The van der Waals surface area contributed by atoms with E-state index in [4.69, 9.17) is 0 Å². The summed E-state index contributed by atoms with van der Waals surface area (Å²) >= 11 is 1.75. The quantitative estimate of drug-likeness (QED) is 0.714. The zero-order valence-electron chi connectivity index (χ0n) is 8.66. The molecule has 0 fully saturated rings. The number of carbonyl (C=O) groups is 2. The maximum Gasteiger partial charge on any atom is 0.230 e. The third-order valence-corrected chi connectivity index (χ3v) is 3.58. The summed E-state index contributed by atoms with van der Waals surface area (Å²) in [5.41, 5.74) is 1.24. The molecule has 0 radical (unpaired) electrons. The summed E-state index contributed by atoms with van der Waals surface area (Å²) < 4.78 is 0. The van der Waals surface area contributed by atoms with E-state index in [0.717, 1.165) is 13.0 Å². The van der Waals surface area contributed by atoms with Crippen LogP contribution in [0.15, 0.2) is 11.4 Å². The highest BCUT2D eigenvalue weighted by Gasteiger charge is 2.21. The second-order valence-electron chi connectivity index (χ2n) is 3.81. The Hall–Kier alpha value is -1.16.